The number of hydrogen-bond donors (Lipinski definition) is 0. The molecule has 5 rings (SSSR count). The van der Waals surface area contributed by atoms with Gasteiger partial charge in [-0.15, -0.1) is 0 Å². The third-order valence-electron chi connectivity index (χ3n) is 7.79. The zero-order valence-electron chi connectivity index (χ0n) is 26.1. The van der Waals surface area contributed by atoms with E-state index in [-0.39, 0.29) is 18.0 Å². The lowest BCUT2D eigenvalue weighted by molar-refractivity contribution is -0.130. The molecule has 4 nitrogen and oxygen atoms in total. The van der Waals surface area contributed by atoms with E-state index in [4.69, 9.17) is 16.6 Å². The van der Waals surface area contributed by atoms with Gasteiger partial charge in [-0.25, -0.2) is 13.8 Å². The molecular formula is C38H36ClF2N3OS. The van der Waals surface area contributed by atoms with Crippen molar-refractivity contribution in [3.05, 3.63) is 154 Å². The van der Waals surface area contributed by atoms with Gasteiger partial charge in [0.25, 0.3) is 5.92 Å². The first-order valence-electron chi connectivity index (χ1n) is 14.9. The van der Waals surface area contributed by atoms with Crippen LogP contribution in [-0.2, 0) is 29.4 Å². The minimum absolute atomic E-state index is 0.0141. The number of benzene rings is 4. The van der Waals surface area contributed by atoms with Crippen molar-refractivity contribution in [3.8, 4) is 11.1 Å². The van der Waals surface area contributed by atoms with Gasteiger partial charge >= 0.3 is 0 Å². The second kappa shape index (κ2) is 14.5. The summed E-state index contributed by atoms with van der Waals surface area (Å²) in [5.74, 6) is -2.22. The number of carbonyl (C=O) groups is 1. The molecule has 0 radical (unpaired) electrons. The number of aliphatic imine (C=N–C) groups is 1. The fraction of sp³-hybridized carbons (Fsp3) is 0.211. The van der Waals surface area contributed by atoms with Gasteiger partial charge in [-0.2, -0.15) is 0 Å². The topological polar surface area (TPSA) is 35.9 Å². The minimum Gasteiger partial charge on any atom is -0.340 e. The molecule has 0 bridgehead atoms. The number of halogens is 3. The Morgan fingerprint density at radius 1 is 0.891 bits per heavy atom. The predicted molar refractivity (Wildman–Crippen MR) is 187 cm³/mol. The molecule has 1 heterocycles. The first kappa shape index (κ1) is 33.2. The number of amides is 1. The van der Waals surface area contributed by atoms with E-state index >= 15 is 0 Å². The number of alkyl halides is 2. The Morgan fingerprint density at radius 2 is 1.46 bits per heavy atom. The van der Waals surface area contributed by atoms with Crippen LogP contribution in [0.5, 0.6) is 0 Å². The highest BCUT2D eigenvalue weighted by molar-refractivity contribution is 8.13. The Kier molecular flexibility index (Phi) is 10.4. The van der Waals surface area contributed by atoms with Crippen molar-refractivity contribution in [2.75, 3.05) is 13.6 Å². The summed E-state index contributed by atoms with van der Waals surface area (Å²) in [6, 6.07) is 30.2. The second-order valence-electron chi connectivity index (χ2n) is 11.6. The highest BCUT2D eigenvalue weighted by Crippen LogP contribution is 2.30. The van der Waals surface area contributed by atoms with Gasteiger partial charge in [-0.3, -0.25) is 4.79 Å². The average Bonchev–Trinajstić information content (AvgIpc) is 3.03. The zero-order chi connectivity index (χ0) is 32.8. The van der Waals surface area contributed by atoms with E-state index in [0.717, 1.165) is 39.9 Å². The summed E-state index contributed by atoms with van der Waals surface area (Å²) in [6.07, 6.45) is 2.60. The van der Waals surface area contributed by atoms with E-state index in [1.54, 1.807) is 35.8 Å². The van der Waals surface area contributed by atoms with Crippen molar-refractivity contribution in [3.63, 3.8) is 0 Å². The van der Waals surface area contributed by atoms with Crippen LogP contribution in [0.3, 0.4) is 0 Å². The molecule has 0 unspecified atom stereocenters. The monoisotopic (exact) mass is 655 g/mol. The van der Waals surface area contributed by atoms with E-state index in [1.807, 2.05) is 59.6 Å². The normalized spacial score (nSPS) is 13.3. The van der Waals surface area contributed by atoms with Crippen LogP contribution in [0.15, 0.2) is 126 Å². The maximum atomic E-state index is 13.6. The summed E-state index contributed by atoms with van der Waals surface area (Å²) in [5, 5.41) is 1.40. The van der Waals surface area contributed by atoms with Crippen molar-refractivity contribution in [1.29, 1.82) is 0 Å². The van der Waals surface area contributed by atoms with Gasteiger partial charge in [0.2, 0.25) is 5.91 Å². The molecule has 4 aromatic carbocycles. The van der Waals surface area contributed by atoms with Gasteiger partial charge in [0, 0.05) is 49.5 Å². The van der Waals surface area contributed by atoms with E-state index in [2.05, 4.69) is 37.8 Å². The number of thioether (sulfide) groups is 1. The molecule has 1 aliphatic heterocycles. The molecule has 0 spiro atoms. The van der Waals surface area contributed by atoms with Crippen LogP contribution in [-0.4, -0.2) is 34.5 Å². The third-order valence-corrected chi connectivity index (χ3v) is 9.10. The summed E-state index contributed by atoms with van der Waals surface area (Å²) in [5.41, 5.74) is 7.79. The highest BCUT2D eigenvalue weighted by atomic mass is 35.5. The molecule has 236 valence electrons. The molecular weight excluding hydrogens is 620 g/mol. The summed E-state index contributed by atoms with van der Waals surface area (Å²) in [7, 11) is 1.79. The van der Waals surface area contributed by atoms with Crippen LogP contribution in [0.1, 0.15) is 34.7 Å². The Hall–Kier alpha value is -4.20. The van der Waals surface area contributed by atoms with Crippen molar-refractivity contribution < 1.29 is 13.6 Å². The van der Waals surface area contributed by atoms with Crippen molar-refractivity contribution in [2.45, 2.75) is 38.5 Å². The van der Waals surface area contributed by atoms with Crippen LogP contribution >= 0.6 is 23.4 Å². The SMILES string of the molecule is C=C1N=C(SCc2ccc(C)cc2)N(CC(=O)N(C)Cc2ccc(-c3ccc(C(C)(F)F)cc3)cc2)C=C1Cc1ccc(Cl)cc1. The Labute approximate surface area is 279 Å². The standard InChI is InChI=1S/C38H36ClF2N3OS/c1-26-5-7-30(8-6-26)25-46-37-42-27(2)33(21-28-11-19-35(39)20-12-28)23-44(37)24-36(45)43(4)22-29-9-13-31(14-10-29)32-15-17-34(18-16-32)38(3,40)41/h5-20,23H,2,21-22,24-25H2,1,3-4H3. The van der Waals surface area contributed by atoms with Crippen LogP contribution < -0.4 is 0 Å². The molecule has 0 fully saturated rings. The maximum absolute atomic E-state index is 13.6. The highest BCUT2D eigenvalue weighted by Gasteiger charge is 2.24. The van der Waals surface area contributed by atoms with E-state index in [1.165, 1.54) is 23.3 Å². The fourth-order valence-corrected chi connectivity index (χ4v) is 6.06. The first-order chi connectivity index (χ1) is 21.9. The van der Waals surface area contributed by atoms with Gasteiger partial charge in [-0.1, -0.05) is 120 Å². The molecule has 8 heteroatoms. The summed E-state index contributed by atoms with van der Waals surface area (Å²) in [6.45, 7) is 7.73. The Morgan fingerprint density at radius 3 is 2.07 bits per heavy atom. The number of hydrogen-bond acceptors (Lipinski definition) is 4. The molecule has 0 aromatic heterocycles. The molecule has 0 aliphatic carbocycles. The number of allylic oxidation sites excluding steroid dienone is 1. The number of amidine groups is 1. The van der Waals surface area contributed by atoms with E-state index < -0.39 is 5.92 Å². The lowest BCUT2D eigenvalue weighted by atomic mass is 10.0. The molecule has 0 saturated carbocycles. The number of nitrogens with zero attached hydrogens (tertiary/aromatic N) is 3. The predicted octanol–water partition coefficient (Wildman–Crippen LogP) is 9.63. The van der Waals surface area contributed by atoms with Crippen LogP contribution in [0, 0.1) is 6.92 Å². The van der Waals surface area contributed by atoms with Crippen molar-refractivity contribution >= 4 is 34.4 Å². The molecule has 1 aliphatic rings. The quantitative estimate of drug-likeness (QED) is 0.171. The van der Waals surface area contributed by atoms with Crippen molar-refractivity contribution in [1.82, 2.24) is 9.80 Å². The first-order valence-corrected chi connectivity index (χ1v) is 16.3. The van der Waals surface area contributed by atoms with E-state index in [0.29, 0.717) is 29.4 Å². The largest absolute Gasteiger partial charge is 0.340 e. The zero-order valence-corrected chi connectivity index (χ0v) is 27.7. The lowest BCUT2D eigenvalue weighted by Crippen LogP contribution is -2.39. The fourth-order valence-electron chi connectivity index (χ4n) is 4.99. The summed E-state index contributed by atoms with van der Waals surface area (Å²) >= 11 is 7.67. The smallest absolute Gasteiger partial charge is 0.270 e. The molecule has 4 aromatic rings. The van der Waals surface area contributed by atoms with Gasteiger partial charge in [0.15, 0.2) is 5.17 Å². The number of aryl methyl sites for hydroxylation is 1. The molecule has 0 N–H and O–H groups in total. The van der Waals surface area contributed by atoms with Gasteiger partial charge < -0.3 is 9.80 Å². The van der Waals surface area contributed by atoms with Crippen LogP contribution in [0.25, 0.3) is 11.1 Å². The lowest BCUT2D eigenvalue weighted by Gasteiger charge is -2.29. The number of likely N-dealkylation sites (N-methyl/N-ethyl adjacent to an activating group) is 1. The van der Waals surface area contributed by atoms with E-state index in [9.17, 15) is 13.6 Å². The summed E-state index contributed by atoms with van der Waals surface area (Å²) in [4.78, 5) is 22.0. The summed E-state index contributed by atoms with van der Waals surface area (Å²) < 4.78 is 27.2. The third kappa shape index (κ3) is 8.74. The molecule has 0 atom stereocenters. The Balaban J connectivity index is 1.27. The van der Waals surface area contributed by atoms with Gasteiger partial charge in [0.1, 0.15) is 6.54 Å². The van der Waals surface area contributed by atoms with Gasteiger partial charge in [0.05, 0.1) is 5.70 Å². The maximum Gasteiger partial charge on any atom is 0.270 e. The van der Waals surface area contributed by atoms with Crippen molar-refractivity contribution in [2.24, 2.45) is 4.99 Å². The molecule has 46 heavy (non-hydrogen) atoms. The average molecular weight is 656 g/mol. The van der Waals surface area contributed by atoms with Crippen LogP contribution in [0.2, 0.25) is 5.02 Å². The second-order valence-corrected chi connectivity index (χ2v) is 13.0. The minimum atomic E-state index is -2.87. The number of carbonyl (C=O) groups excluding carboxylic acids is 1. The molecule has 1 amide bonds. The Bertz CT molecular complexity index is 1740. The van der Waals surface area contributed by atoms with Crippen LogP contribution in [0.4, 0.5) is 8.78 Å². The molecule has 0 saturated heterocycles. The van der Waals surface area contributed by atoms with Gasteiger partial charge in [-0.05, 0) is 52.4 Å². The number of rotatable bonds is 10.